The lowest BCUT2D eigenvalue weighted by atomic mass is 10.1. The summed E-state index contributed by atoms with van der Waals surface area (Å²) < 4.78 is 0. The van der Waals surface area contributed by atoms with E-state index in [1.807, 2.05) is 0 Å². The third-order valence-electron chi connectivity index (χ3n) is 2.41. The van der Waals surface area contributed by atoms with Crippen LogP contribution < -0.4 is 10.6 Å². The number of unbranched alkanes of at least 4 members (excludes halogenated alkanes) is 1. The first-order chi connectivity index (χ1) is 7.35. The molecule has 0 aliphatic carbocycles. The lowest BCUT2D eigenvalue weighted by Gasteiger charge is -2.20. The fourth-order valence-electron chi connectivity index (χ4n) is 1.48. The number of nitrogens with one attached hydrogen (secondary N) is 2. The van der Waals surface area contributed by atoms with E-state index in [0.717, 1.165) is 13.0 Å². The van der Waals surface area contributed by atoms with Crippen molar-refractivity contribution in [3.8, 4) is 0 Å². The van der Waals surface area contributed by atoms with Gasteiger partial charge in [-0.15, -0.1) is 0 Å². The highest BCUT2D eigenvalue weighted by Gasteiger charge is 2.10. The van der Waals surface area contributed by atoms with Crippen LogP contribution in [0.15, 0.2) is 0 Å². The zero-order chi connectivity index (χ0) is 12.6. The van der Waals surface area contributed by atoms with Crippen molar-refractivity contribution in [1.82, 2.24) is 10.6 Å². The SMILES string of the molecule is CCCCC(C)NC(=O)CCNC(C)(C)C. The van der Waals surface area contributed by atoms with Crippen LogP contribution in [0.4, 0.5) is 0 Å². The summed E-state index contributed by atoms with van der Waals surface area (Å²) >= 11 is 0. The second kappa shape index (κ2) is 7.66. The van der Waals surface area contributed by atoms with E-state index in [0.29, 0.717) is 12.5 Å². The van der Waals surface area contributed by atoms with E-state index < -0.39 is 0 Å². The third-order valence-corrected chi connectivity index (χ3v) is 2.41. The van der Waals surface area contributed by atoms with Gasteiger partial charge in [-0.1, -0.05) is 19.8 Å². The number of carbonyl (C=O) groups is 1. The molecule has 0 bridgehead atoms. The minimum atomic E-state index is 0.0914. The molecule has 0 heterocycles. The second-order valence-electron chi connectivity index (χ2n) is 5.54. The number of rotatable bonds is 7. The first-order valence-corrected chi connectivity index (χ1v) is 6.39. The van der Waals surface area contributed by atoms with Crippen molar-refractivity contribution in [2.75, 3.05) is 6.54 Å². The largest absolute Gasteiger partial charge is 0.354 e. The fraction of sp³-hybridized carbons (Fsp3) is 0.923. The van der Waals surface area contributed by atoms with E-state index >= 15 is 0 Å². The van der Waals surface area contributed by atoms with Gasteiger partial charge in [0.05, 0.1) is 0 Å². The van der Waals surface area contributed by atoms with Crippen molar-refractivity contribution in [3.05, 3.63) is 0 Å². The Hall–Kier alpha value is -0.570. The Bertz CT molecular complexity index is 197. The molecular formula is C13H28N2O. The lowest BCUT2D eigenvalue weighted by Crippen LogP contribution is -2.40. The molecule has 0 aromatic heterocycles. The van der Waals surface area contributed by atoms with Crippen LogP contribution in [-0.4, -0.2) is 24.0 Å². The maximum absolute atomic E-state index is 11.6. The lowest BCUT2D eigenvalue weighted by molar-refractivity contribution is -0.121. The molecule has 0 fully saturated rings. The van der Waals surface area contributed by atoms with Crippen molar-refractivity contribution in [2.24, 2.45) is 0 Å². The molecule has 96 valence electrons. The van der Waals surface area contributed by atoms with E-state index in [1.54, 1.807) is 0 Å². The van der Waals surface area contributed by atoms with Gasteiger partial charge in [-0.05, 0) is 34.1 Å². The summed E-state index contributed by atoms with van der Waals surface area (Å²) in [6.07, 6.45) is 4.01. The molecule has 1 amide bonds. The fourth-order valence-corrected chi connectivity index (χ4v) is 1.48. The maximum Gasteiger partial charge on any atom is 0.221 e. The Kier molecular flexibility index (Phi) is 7.39. The van der Waals surface area contributed by atoms with Gasteiger partial charge in [0.15, 0.2) is 0 Å². The quantitative estimate of drug-likeness (QED) is 0.703. The minimum Gasteiger partial charge on any atom is -0.354 e. The molecule has 0 aliphatic rings. The Labute approximate surface area is 100 Å². The molecular weight excluding hydrogens is 200 g/mol. The van der Waals surface area contributed by atoms with Gasteiger partial charge in [-0.3, -0.25) is 4.79 Å². The highest BCUT2D eigenvalue weighted by atomic mass is 16.1. The molecule has 0 aromatic rings. The average molecular weight is 228 g/mol. The van der Waals surface area contributed by atoms with Crippen molar-refractivity contribution >= 4 is 5.91 Å². The molecule has 0 aliphatic heterocycles. The van der Waals surface area contributed by atoms with Crippen molar-refractivity contribution in [2.45, 2.75) is 71.9 Å². The summed E-state index contributed by atoms with van der Waals surface area (Å²) in [7, 11) is 0. The van der Waals surface area contributed by atoms with Crippen LogP contribution in [0.5, 0.6) is 0 Å². The molecule has 3 heteroatoms. The van der Waals surface area contributed by atoms with Gasteiger partial charge in [0.1, 0.15) is 0 Å². The molecule has 0 saturated carbocycles. The van der Waals surface area contributed by atoms with Gasteiger partial charge in [-0.2, -0.15) is 0 Å². The summed E-state index contributed by atoms with van der Waals surface area (Å²) in [6, 6.07) is 0.307. The van der Waals surface area contributed by atoms with Crippen LogP contribution in [0.1, 0.15) is 60.3 Å². The Balaban J connectivity index is 3.58. The van der Waals surface area contributed by atoms with Crippen molar-refractivity contribution in [3.63, 3.8) is 0 Å². The molecule has 0 spiro atoms. The predicted molar refractivity (Wildman–Crippen MR) is 69.5 cm³/mol. The number of carbonyl (C=O) groups excluding carboxylic acids is 1. The minimum absolute atomic E-state index is 0.0914. The van der Waals surface area contributed by atoms with Crippen LogP contribution in [-0.2, 0) is 4.79 Å². The summed E-state index contributed by atoms with van der Waals surface area (Å²) in [4.78, 5) is 11.6. The normalized spacial score (nSPS) is 13.6. The number of hydrogen-bond acceptors (Lipinski definition) is 2. The molecule has 1 atom stereocenters. The molecule has 1 unspecified atom stereocenters. The summed E-state index contributed by atoms with van der Waals surface area (Å²) in [5, 5.41) is 6.33. The second-order valence-corrected chi connectivity index (χ2v) is 5.54. The first-order valence-electron chi connectivity index (χ1n) is 6.39. The molecule has 0 saturated heterocycles. The highest BCUT2D eigenvalue weighted by Crippen LogP contribution is 2.00. The van der Waals surface area contributed by atoms with E-state index in [-0.39, 0.29) is 11.4 Å². The average Bonchev–Trinajstić information content (AvgIpc) is 2.12. The van der Waals surface area contributed by atoms with E-state index in [1.165, 1.54) is 12.8 Å². The smallest absolute Gasteiger partial charge is 0.221 e. The van der Waals surface area contributed by atoms with Crippen molar-refractivity contribution < 1.29 is 4.79 Å². The van der Waals surface area contributed by atoms with Gasteiger partial charge in [0.25, 0.3) is 0 Å². The van der Waals surface area contributed by atoms with Crippen LogP contribution in [0.25, 0.3) is 0 Å². The molecule has 3 nitrogen and oxygen atoms in total. The van der Waals surface area contributed by atoms with Gasteiger partial charge in [0, 0.05) is 24.5 Å². The molecule has 0 radical (unpaired) electrons. The van der Waals surface area contributed by atoms with Crippen LogP contribution in [0, 0.1) is 0 Å². The van der Waals surface area contributed by atoms with Crippen LogP contribution in [0.3, 0.4) is 0 Å². The summed E-state index contributed by atoms with van der Waals surface area (Å²) in [5.41, 5.74) is 0.0914. The zero-order valence-electron chi connectivity index (χ0n) is 11.5. The third kappa shape index (κ3) is 9.97. The van der Waals surface area contributed by atoms with Crippen molar-refractivity contribution in [1.29, 1.82) is 0 Å². The van der Waals surface area contributed by atoms with Crippen LogP contribution >= 0.6 is 0 Å². The number of amides is 1. The highest BCUT2D eigenvalue weighted by molar-refractivity contribution is 5.76. The Morgan fingerprint density at radius 1 is 1.31 bits per heavy atom. The topological polar surface area (TPSA) is 41.1 Å². The van der Waals surface area contributed by atoms with Gasteiger partial charge in [0.2, 0.25) is 5.91 Å². The van der Waals surface area contributed by atoms with E-state index in [4.69, 9.17) is 0 Å². The van der Waals surface area contributed by atoms with E-state index in [9.17, 15) is 4.79 Å². The number of hydrogen-bond donors (Lipinski definition) is 2. The predicted octanol–water partition coefficient (Wildman–Crippen LogP) is 2.46. The standard InChI is InChI=1S/C13H28N2O/c1-6-7-8-11(2)15-12(16)9-10-14-13(3,4)5/h11,14H,6-10H2,1-5H3,(H,15,16). The molecule has 0 aromatic carbocycles. The first kappa shape index (κ1) is 15.4. The molecule has 0 rings (SSSR count). The Morgan fingerprint density at radius 2 is 1.94 bits per heavy atom. The molecule has 2 N–H and O–H groups in total. The van der Waals surface area contributed by atoms with Gasteiger partial charge < -0.3 is 10.6 Å². The van der Waals surface area contributed by atoms with Gasteiger partial charge >= 0.3 is 0 Å². The van der Waals surface area contributed by atoms with Crippen LogP contribution in [0.2, 0.25) is 0 Å². The summed E-state index contributed by atoms with van der Waals surface area (Å²) in [5.74, 6) is 0.153. The maximum atomic E-state index is 11.6. The van der Waals surface area contributed by atoms with Gasteiger partial charge in [-0.25, -0.2) is 0 Å². The summed E-state index contributed by atoms with van der Waals surface area (Å²) in [6.45, 7) is 11.3. The Morgan fingerprint density at radius 3 is 2.44 bits per heavy atom. The zero-order valence-corrected chi connectivity index (χ0v) is 11.5. The molecule has 16 heavy (non-hydrogen) atoms. The van der Waals surface area contributed by atoms with E-state index in [2.05, 4.69) is 45.3 Å². The monoisotopic (exact) mass is 228 g/mol.